The molecule has 5 nitrogen and oxygen atoms in total. The van der Waals surface area contributed by atoms with Crippen molar-refractivity contribution in [3.8, 4) is 0 Å². The minimum atomic E-state index is -0.134. The molecule has 0 fully saturated rings. The molecule has 2 N–H and O–H groups in total. The van der Waals surface area contributed by atoms with Crippen LogP contribution in [-0.2, 0) is 20.8 Å². The van der Waals surface area contributed by atoms with Crippen LogP contribution in [0.1, 0.15) is 18.9 Å². The van der Waals surface area contributed by atoms with Crippen LogP contribution in [0, 0.1) is 0 Å². The molecule has 0 aromatic heterocycles. The van der Waals surface area contributed by atoms with Gasteiger partial charge in [0.2, 0.25) is 5.91 Å². The van der Waals surface area contributed by atoms with E-state index in [9.17, 15) is 4.79 Å². The van der Waals surface area contributed by atoms with E-state index in [1.54, 1.807) is 12.0 Å². The van der Waals surface area contributed by atoms with Gasteiger partial charge in [0.15, 0.2) is 0 Å². The molecule has 0 heterocycles. The SMILES string of the molecule is COCCOCCN(Cc1ccccc1)C(=O)CC(C)N.Cl. The molecule has 1 unspecified atom stereocenters. The summed E-state index contributed by atoms with van der Waals surface area (Å²) >= 11 is 0. The van der Waals surface area contributed by atoms with Crippen LogP contribution >= 0.6 is 12.4 Å². The fourth-order valence-corrected chi connectivity index (χ4v) is 1.92. The number of rotatable bonds is 10. The second kappa shape index (κ2) is 12.4. The van der Waals surface area contributed by atoms with Gasteiger partial charge in [-0.1, -0.05) is 30.3 Å². The van der Waals surface area contributed by atoms with E-state index >= 15 is 0 Å². The fourth-order valence-electron chi connectivity index (χ4n) is 1.92. The van der Waals surface area contributed by atoms with E-state index in [0.29, 0.717) is 39.3 Å². The lowest BCUT2D eigenvalue weighted by molar-refractivity contribution is -0.133. The van der Waals surface area contributed by atoms with Crippen molar-refractivity contribution in [2.75, 3.05) is 33.5 Å². The Hall–Kier alpha value is -1.14. The highest BCUT2D eigenvalue weighted by Crippen LogP contribution is 2.07. The van der Waals surface area contributed by atoms with Crippen molar-refractivity contribution in [1.29, 1.82) is 0 Å². The number of ether oxygens (including phenoxy) is 2. The van der Waals surface area contributed by atoms with Crippen molar-refractivity contribution in [2.45, 2.75) is 25.9 Å². The Morgan fingerprint density at radius 3 is 2.50 bits per heavy atom. The van der Waals surface area contributed by atoms with Crippen LogP contribution in [-0.4, -0.2) is 50.3 Å². The summed E-state index contributed by atoms with van der Waals surface area (Å²) < 4.78 is 10.4. The van der Waals surface area contributed by atoms with Gasteiger partial charge in [-0.05, 0) is 12.5 Å². The quantitative estimate of drug-likeness (QED) is 0.665. The van der Waals surface area contributed by atoms with Crippen molar-refractivity contribution in [2.24, 2.45) is 5.73 Å². The molecule has 126 valence electrons. The molecule has 1 aromatic carbocycles. The van der Waals surface area contributed by atoms with E-state index < -0.39 is 0 Å². The second-order valence-corrected chi connectivity index (χ2v) is 5.09. The Bertz CT molecular complexity index is 402. The lowest BCUT2D eigenvalue weighted by atomic mass is 10.2. The summed E-state index contributed by atoms with van der Waals surface area (Å²) in [5.74, 6) is 0.0594. The Labute approximate surface area is 139 Å². The van der Waals surface area contributed by atoms with Crippen LogP contribution in [0.4, 0.5) is 0 Å². The maximum Gasteiger partial charge on any atom is 0.224 e. The molecule has 0 aliphatic carbocycles. The number of carbonyl (C=O) groups excluding carboxylic acids is 1. The average Bonchev–Trinajstić information content (AvgIpc) is 2.46. The number of nitrogens with two attached hydrogens (primary N) is 1. The fraction of sp³-hybridized carbons (Fsp3) is 0.562. The summed E-state index contributed by atoms with van der Waals surface area (Å²) in [7, 11) is 1.64. The molecule has 1 aromatic rings. The Morgan fingerprint density at radius 1 is 1.23 bits per heavy atom. The van der Waals surface area contributed by atoms with Crippen LogP contribution in [0.25, 0.3) is 0 Å². The molecular weight excluding hydrogens is 304 g/mol. The van der Waals surface area contributed by atoms with E-state index in [4.69, 9.17) is 15.2 Å². The first-order valence-corrected chi connectivity index (χ1v) is 7.27. The first kappa shape index (κ1) is 20.9. The lowest BCUT2D eigenvalue weighted by Gasteiger charge is -2.23. The van der Waals surface area contributed by atoms with Crippen LogP contribution in [0.15, 0.2) is 30.3 Å². The third-order valence-corrected chi connectivity index (χ3v) is 3.00. The minimum absolute atomic E-state index is 0. The summed E-state index contributed by atoms with van der Waals surface area (Å²) in [6.07, 6.45) is 0.352. The predicted octanol–water partition coefficient (Wildman–Crippen LogP) is 1.84. The van der Waals surface area contributed by atoms with Gasteiger partial charge in [-0.15, -0.1) is 12.4 Å². The van der Waals surface area contributed by atoms with Gasteiger partial charge in [0.05, 0.1) is 19.8 Å². The van der Waals surface area contributed by atoms with Crippen LogP contribution < -0.4 is 5.73 Å². The Morgan fingerprint density at radius 2 is 1.91 bits per heavy atom. The van der Waals surface area contributed by atoms with Crippen molar-refractivity contribution in [3.05, 3.63) is 35.9 Å². The second-order valence-electron chi connectivity index (χ2n) is 5.09. The maximum atomic E-state index is 12.2. The van der Waals surface area contributed by atoms with Gasteiger partial charge in [-0.2, -0.15) is 0 Å². The van der Waals surface area contributed by atoms with E-state index in [1.165, 1.54) is 0 Å². The molecule has 1 atom stereocenters. The van der Waals surface area contributed by atoms with Crippen molar-refractivity contribution in [1.82, 2.24) is 4.90 Å². The average molecular weight is 331 g/mol. The number of benzene rings is 1. The van der Waals surface area contributed by atoms with Gasteiger partial charge in [-0.3, -0.25) is 4.79 Å². The molecular formula is C16H27ClN2O3. The first-order valence-electron chi connectivity index (χ1n) is 7.27. The van der Waals surface area contributed by atoms with Gasteiger partial charge >= 0.3 is 0 Å². The Kier molecular flexibility index (Phi) is 11.8. The first-order chi connectivity index (χ1) is 10.1. The monoisotopic (exact) mass is 330 g/mol. The number of halogens is 1. The zero-order chi connectivity index (χ0) is 15.5. The van der Waals surface area contributed by atoms with Gasteiger partial charge < -0.3 is 20.1 Å². The molecule has 0 saturated carbocycles. The largest absolute Gasteiger partial charge is 0.382 e. The highest BCUT2D eigenvalue weighted by Gasteiger charge is 2.15. The highest BCUT2D eigenvalue weighted by molar-refractivity contribution is 5.85. The molecule has 0 spiro atoms. The van der Waals surface area contributed by atoms with Gasteiger partial charge in [0.1, 0.15) is 0 Å². The van der Waals surface area contributed by atoms with E-state index in [2.05, 4.69) is 0 Å². The minimum Gasteiger partial charge on any atom is -0.382 e. The van der Waals surface area contributed by atoms with Crippen LogP contribution in [0.3, 0.4) is 0 Å². The van der Waals surface area contributed by atoms with E-state index in [0.717, 1.165) is 5.56 Å². The summed E-state index contributed by atoms with van der Waals surface area (Å²) in [6, 6.07) is 9.80. The molecule has 6 heteroatoms. The normalized spacial score (nSPS) is 11.6. The number of methoxy groups -OCH3 is 1. The Balaban J connectivity index is 0.00000441. The van der Waals surface area contributed by atoms with Crippen molar-refractivity contribution >= 4 is 18.3 Å². The third kappa shape index (κ3) is 9.00. The number of hydrogen-bond donors (Lipinski definition) is 1. The number of hydrogen-bond acceptors (Lipinski definition) is 4. The van der Waals surface area contributed by atoms with Crippen LogP contribution in [0.2, 0.25) is 0 Å². The zero-order valence-electron chi connectivity index (χ0n) is 13.4. The molecule has 0 saturated heterocycles. The molecule has 0 aliphatic heterocycles. The van der Waals surface area contributed by atoms with Gasteiger partial charge in [0, 0.05) is 32.7 Å². The van der Waals surface area contributed by atoms with Crippen LogP contribution in [0.5, 0.6) is 0 Å². The smallest absolute Gasteiger partial charge is 0.224 e. The standard InChI is InChI=1S/C16H26N2O3.ClH/c1-14(17)12-16(19)18(8-9-21-11-10-20-2)13-15-6-4-3-5-7-15;/h3-7,14H,8-13,17H2,1-2H3;1H. The summed E-state index contributed by atoms with van der Waals surface area (Å²) in [5, 5.41) is 0. The number of carbonyl (C=O) groups is 1. The molecule has 0 aliphatic rings. The third-order valence-electron chi connectivity index (χ3n) is 3.00. The predicted molar refractivity (Wildman–Crippen MR) is 90.1 cm³/mol. The van der Waals surface area contributed by atoms with E-state index in [1.807, 2.05) is 37.3 Å². The van der Waals surface area contributed by atoms with Gasteiger partial charge in [-0.25, -0.2) is 0 Å². The summed E-state index contributed by atoms with van der Waals surface area (Å²) in [6.45, 7) is 4.59. The summed E-state index contributed by atoms with van der Waals surface area (Å²) in [5.41, 5.74) is 6.83. The molecule has 1 amide bonds. The summed E-state index contributed by atoms with van der Waals surface area (Å²) in [4.78, 5) is 14.0. The van der Waals surface area contributed by atoms with Gasteiger partial charge in [0.25, 0.3) is 0 Å². The molecule has 22 heavy (non-hydrogen) atoms. The zero-order valence-corrected chi connectivity index (χ0v) is 14.2. The number of nitrogens with zero attached hydrogens (tertiary/aromatic N) is 1. The molecule has 1 rings (SSSR count). The highest BCUT2D eigenvalue weighted by atomic mass is 35.5. The van der Waals surface area contributed by atoms with Crippen molar-refractivity contribution in [3.63, 3.8) is 0 Å². The number of amides is 1. The molecule has 0 radical (unpaired) electrons. The van der Waals surface area contributed by atoms with Crippen molar-refractivity contribution < 1.29 is 14.3 Å². The topological polar surface area (TPSA) is 64.8 Å². The van der Waals surface area contributed by atoms with E-state index in [-0.39, 0.29) is 24.4 Å². The molecule has 0 bridgehead atoms. The maximum absolute atomic E-state index is 12.2. The lowest BCUT2D eigenvalue weighted by Crippen LogP contribution is -2.36.